The van der Waals surface area contributed by atoms with Crippen LogP contribution in [0.15, 0.2) is 69.9 Å². The smallest absolute Gasteiger partial charge is 0.340 e. The fraction of sp³-hybridized carbons (Fsp3) is 0.360. The second-order valence-electron chi connectivity index (χ2n) is 8.28. The lowest BCUT2D eigenvalue weighted by atomic mass is 9.79. The molecule has 162 valence electrons. The minimum absolute atomic E-state index is 0.0776. The van der Waals surface area contributed by atoms with Crippen molar-refractivity contribution in [2.24, 2.45) is 17.8 Å². The van der Waals surface area contributed by atoms with Gasteiger partial charge in [0.2, 0.25) is 6.29 Å². The predicted octanol–water partition coefficient (Wildman–Crippen LogP) is 4.70. The van der Waals surface area contributed by atoms with Gasteiger partial charge < -0.3 is 19.2 Å². The molecule has 5 atom stereocenters. The molecule has 2 heterocycles. The first-order valence-corrected chi connectivity index (χ1v) is 10.6. The van der Waals surface area contributed by atoms with Gasteiger partial charge in [-0.05, 0) is 42.2 Å². The summed E-state index contributed by atoms with van der Waals surface area (Å²) in [6, 6.07) is 17.8. The fourth-order valence-electron chi connectivity index (χ4n) is 3.99. The Morgan fingerprint density at radius 2 is 1.71 bits per heavy atom. The first-order valence-electron chi connectivity index (χ1n) is 10.6. The van der Waals surface area contributed by atoms with Gasteiger partial charge in [0.1, 0.15) is 5.58 Å². The molecule has 1 fully saturated rings. The number of rotatable bonds is 5. The fourth-order valence-corrected chi connectivity index (χ4v) is 3.99. The van der Waals surface area contributed by atoms with Gasteiger partial charge in [-0.2, -0.15) is 0 Å². The van der Waals surface area contributed by atoms with Crippen molar-refractivity contribution in [1.29, 1.82) is 0 Å². The van der Waals surface area contributed by atoms with Gasteiger partial charge in [0, 0.05) is 35.7 Å². The lowest BCUT2D eigenvalue weighted by molar-refractivity contribution is -0.220. The number of nitrogens with one attached hydrogen (secondary N) is 1. The quantitative estimate of drug-likeness (QED) is 0.475. The van der Waals surface area contributed by atoms with Crippen LogP contribution in [0.5, 0.6) is 0 Å². The van der Waals surface area contributed by atoms with Crippen LogP contribution in [-0.2, 0) is 9.47 Å². The molecule has 2 aromatic carbocycles. The highest BCUT2D eigenvalue weighted by atomic mass is 16.7. The van der Waals surface area contributed by atoms with Gasteiger partial charge >= 0.3 is 11.6 Å². The van der Waals surface area contributed by atoms with E-state index in [-0.39, 0.29) is 29.5 Å². The Morgan fingerprint density at radius 1 is 0.968 bits per heavy atom. The van der Waals surface area contributed by atoms with Crippen LogP contribution in [-0.4, -0.2) is 24.9 Å². The van der Waals surface area contributed by atoms with Crippen molar-refractivity contribution in [1.82, 2.24) is 0 Å². The molecule has 0 amide bonds. The molecule has 1 aliphatic rings. The number of hydrogen-bond donors (Lipinski definition) is 1. The zero-order chi connectivity index (χ0) is 22.0. The van der Waals surface area contributed by atoms with E-state index in [9.17, 15) is 9.59 Å². The highest BCUT2D eigenvalue weighted by molar-refractivity contribution is 5.89. The van der Waals surface area contributed by atoms with E-state index in [1.165, 1.54) is 6.07 Å². The van der Waals surface area contributed by atoms with Crippen molar-refractivity contribution >= 4 is 22.6 Å². The van der Waals surface area contributed by atoms with E-state index in [1.54, 1.807) is 18.2 Å². The summed E-state index contributed by atoms with van der Waals surface area (Å²) >= 11 is 0. The maximum absolute atomic E-state index is 12.5. The summed E-state index contributed by atoms with van der Waals surface area (Å²) in [5.74, 6) is 0.278. The largest absolute Gasteiger partial charge is 0.432 e. The summed E-state index contributed by atoms with van der Waals surface area (Å²) in [6.07, 6.45) is -0.751. The molecular formula is C25H27NO5. The molecule has 1 N–H and O–H groups in total. The second kappa shape index (κ2) is 8.94. The molecule has 1 aromatic heterocycles. The molecule has 6 heteroatoms. The summed E-state index contributed by atoms with van der Waals surface area (Å²) in [6.45, 7) is 6.92. The molecule has 4 rings (SSSR count). The number of hydrogen-bond acceptors (Lipinski definition) is 6. The Balaban J connectivity index is 1.44. The van der Waals surface area contributed by atoms with Crippen LogP contribution in [0.3, 0.4) is 0 Å². The molecule has 0 radical (unpaired) electrons. The van der Waals surface area contributed by atoms with Crippen LogP contribution in [0.1, 0.15) is 31.1 Å². The number of fused-ring (bicyclic) bond motifs is 1. The van der Waals surface area contributed by atoms with Gasteiger partial charge in [0.15, 0.2) is 0 Å². The van der Waals surface area contributed by atoms with E-state index in [1.807, 2.05) is 36.4 Å². The van der Waals surface area contributed by atoms with Crippen molar-refractivity contribution < 1.29 is 18.7 Å². The lowest BCUT2D eigenvalue weighted by Gasteiger charge is -2.43. The number of carbonyl (C=O) groups excluding carboxylic acids is 1. The van der Waals surface area contributed by atoms with Gasteiger partial charge in [-0.25, -0.2) is 9.59 Å². The van der Waals surface area contributed by atoms with E-state index < -0.39 is 6.29 Å². The number of esters is 1. The van der Waals surface area contributed by atoms with Gasteiger partial charge in [0.05, 0.1) is 11.7 Å². The van der Waals surface area contributed by atoms with Crippen LogP contribution in [0.25, 0.3) is 11.0 Å². The van der Waals surface area contributed by atoms with Crippen molar-refractivity contribution in [3.8, 4) is 0 Å². The summed E-state index contributed by atoms with van der Waals surface area (Å²) in [4.78, 5) is 24.0. The monoisotopic (exact) mass is 421 g/mol. The maximum Gasteiger partial charge on any atom is 0.340 e. The molecule has 3 unspecified atom stereocenters. The van der Waals surface area contributed by atoms with Crippen LogP contribution in [0.2, 0.25) is 0 Å². The van der Waals surface area contributed by atoms with Gasteiger partial charge in [-0.15, -0.1) is 0 Å². The molecule has 1 aliphatic heterocycles. The zero-order valence-corrected chi connectivity index (χ0v) is 17.9. The van der Waals surface area contributed by atoms with E-state index in [4.69, 9.17) is 13.9 Å². The number of carbonyl (C=O) groups is 1. The van der Waals surface area contributed by atoms with E-state index >= 15 is 0 Å². The van der Waals surface area contributed by atoms with Gasteiger partial charge in [-0.1, -0.05) is 39.0 Å². The van der Waals surface area contributed by atoms with Gasteiger partial charge in [-0.3, -0.25) is 0 Å². The number of anilines is 1. The normalized spacial score (nSPS) is 25.8. The molecule has 6 nitrogen and oxygen atoms in total. The summed E-state index contributed by atoms with van der Waals surface area (Å²) < 4.78 is 17.2. The molecule has 0 spiro atoms. The van der Waals surface area contributed by atoms with E-state index in [0.29, 0.717) is 23.6 Å². The lowest BCUT2D eigenvalue weighted by Crippen LogP contribution is -2.48. The van der Waals surface area contributed by atoms with Crippen molar-refractivity contribution in [3.63, 3.8) is 0 Å². The molecule has 3 aromatic rings. The third kappa shape index (κ3) is 4.64. The molecule has 31 heavy (non-hydrogen) atoms. The van der Waals surface area contributed by atoms with Crippen molar-refractivity contribution in [3.05, 3.63) is 76.6 Å². The van der Waals surface area contributed by atoms with Crippen molar-refractivity contribution in [2.45, 2.75) is 33.2 Å². The predicted molar refractivity (Wildman–Crippen MR) is 119 cm³/mol. The minimum atomic E-state index is -0.611. The topological polar surface area (TPSA) is 77.8 Å². The Kier molecular flexibility index (Phi) is 6.09. The third-order valence-corrected chi connectivity index (χ3v) is 6.35. The second-order valence-corrected chi connectivity index (χ2v) is 8.28. The summed E-state index contributed by atoms with van der Waals surface area (Å²) in [7, 11) is 0. The van der Waals surface area contributed by atoms with Crippen LogP contribution in [0.4, 0.5) is 5.69 Å². The first kappa shape index (κ1) is 21.1. The molecule has 0 aliphatic carbocycles. The highest BCUT2D eigenvalue weighted by Crippen LogP contribution is 2.36. The zero-order valence-electron chi connectivity index (χ0n) is 17.9. The van der Waals surface area contributed by atoms with Crippen molar-refractivity contribution in [2.75, 3.05) is 11.9 Å². The molecule has 0 bridgehead atoms. The summed E-state index contributed by atoms with van der Waals surface area (Å²) in [5.41, 5.74) is 1.50. The van der Waals surface area contributed by atoms with Crippen LogP contribution in [0, 0.1) is 17.8 Å². The van der Waals surface area contributed by atoms with Crippen LogP contribution >= 0.6 is 0 Å². The van der Waals surface area contributed by atoms with Gasteiger partial charge in [0.25, 0.3) is 0 Å². The highest BCUT2D eigenvalue weighted by Gasteiger charge is 2.41. The average Bonchev–Trinajstić information content (AvgIpc) is 2.78. The average molecular weight is 421 g/mol. The Labute approximate surface area is 181 Å². The standard InChI is InChI=1S/C25H27NO5/c1-15-16(2)22(14-26-20-11-9-18-10-12-23(27)29-21(18)13-20)30-25(17(15)3)31-24(28)19-7-5-4-6-8-19/h4-13,15-17,22,25-26H,14H2,1-3H3/t15?,16-,17+,22?,25?/m1/s1. The molecule has 0 saturated carbocycles. The van der Waals surface area contributed by atoms with Crippen LogP contribution < -0.4 is 10.9 Å². The molecule has 1 saturated heterocycles. The number of benzene rings is 2. The Morgan fingerprint density at radius 3 is 2.48 bits per heavy atom. The van der Waals surface area contributed by atoms with E-state index in [0.717, 1.165) is 11.1 Å². The first-order chi connectivity index (χ1) is 14.9. The Bertz CT molecular complexity index is 1110. The third-order valence-electron chi connectivity index (χ3n) is 6.35. The molecular weight excluding hydrogens is 394 g/mol. The maximum atomic E-state index is 12.5. The SMILES string of the molecule is CC1[C@H](C)C(OC(=O)c2ccccc2)OC(CNc2ccc3ccc(=O)oc3c2)[C@@H]1C. The summed E-state index contributed by atoms with van der Waals surface area (Å²) in [5, 5.41) is 4.23. The minimum Gasteiger partial charge on any atom is -0.432 e. The number of ether oxygens (including phenoxy) is 2. The Hall–Kier alpha value is -3.12. The van der Waals surface area contributed by atoms with E-state index in [2.05, 4.69) is 26.1 Å².